The molecule has 1 heterocycles. The van der Waals surface area contributed by atoms with E-state index in [0.717, 1.165) is 4.31 Å². The minimum Gasteiger partial charge on any atom is -0.339 e. The van der Waals surface area contributed by atoms with Gasteiger partial charge >= 0.3 is 0 Å². The monoisotopic (exact) mass is 358 g/mol. The largest absolute Gasteiger partial charge is 0.339 e. The van der Waals surface area contributed by atoms with E-state index in [1.54, 1.807) is 11.8 Å². The van der Waals surface area contributed by atoms with Gasteiger partial charge in [0.2, 0.25) is 15.9 Å². The molecule has 2 amide bonds. The van der Waals surface area contributed by atoms with Crippen molar-refractivity contribution in [3.05, 3.63) is 28.8 Å². The van der Waals surface area contributed by atoms with E-state index < -0.39 is 21.8 Å². The van der Waals surface area contributed by atoms with Gasteiger partial charge < -0.3 is 4.90 Å². The van der Waals surface area contributed by atoms with Gasteiger partial charge in [0.15, 0.2) is 0 Å². The number of hydrogen-bond acceptors (Lipinski definition) is 4. The minimum absolute atomic E-state index is 0.127. The Balaban J connectivity index is 2.41. The molecule has 0 N–H and O–H groups in total. The van der Waals surface area contributed by atoms with Gasteiger partial charge in [0.05, 0.1) is 27.9 Å². The van der Waals surface area contributed by atoms with Crippen molar-refractivity contribution in [3.8, 4) is 0 Å². The van der Waals surface area contributed by atoms with Crippen molar-refractivity contribution in [1.29, 1.82) is 0 Å². The number of hydrogen-bond donors (Lipinski definition) is 0. The zero-order valence-electron chi connectivity index (χ0n) is 13.2. The highest BCUT2D eigenvalue weighted by molar-refractivity contribution is 7.94. The van der Waals surface area contributed by atoms with Crippen molar-refractivity contribution in [2.75, 3.05) is 23.1 Å². The standard InChI is InChI=1S/C15H19ClN2O4S/c1-4-17(5-2)15(20)12-7-6-11(8-13(12)16)18-14(19)10(3)9-23(18,21)22/h6-8,10H,4-5,9H2,1-3H3/t10-/m1/s1. The Labute approximate surface area is 141 Å². The van der Waals surface area contributed by atoms with Gasteiger partial charge in [0.25, 0.3) is 5.91 Å². The van der Waals surface area contributed by atoms with Crippen LogP contribution in [-0.2, 0) is 14.8 Å². The van der Waals surface area contributed by atoms with E-state index in [1.165, 1.54) is 18.2 Å². The van der Waals surface area contributed by atoms with Crippen LogP contribution in [0.5, 0.6) is 0 Å². The number of sulfonamides is 1. The number of amides is 2. The lowest BCUT2D eigenvalue weighted by Gasteiger charge is -2.20. The molecule has 2 rings (SSSR count). The Morgan fingerprint density at radius 3 is 2.39 bits per heavy atom. The molecule has 0 saturated carbocycles. The average molecular weight is 359 g/mol. The molecule has 1 aliphatic heterocycles. The predicted molar refractivity (Wildman–Crippen MR) is 89.1 cm³/mol. The van der Waals surface area contributed by atoms with E-state index in [2.05, 4.69) is 0 Å². The Bertz CT molecular complexity index is 744. The first-order valence-corrected chi connectivity index (χ1v) is 9.37. The fourth-order valence-electron chi connectivity index (χ4n) is 2.57. The molecule has 1 aromatic rings. The van der Waals surface area contributed by atoms with Crippen molar-refractivity contribution >= 4 is 39.1 Å². The van der Waals surface area contributed by atoms with Gasteiger partial charge in [0, 0.05) is 13.1 Å². The van der Waals surface area contributed by atoms with Crippen molar-refractivity contribution in [1.82, 2.24) is 4.90 Å². The molecule has 0 spiro atoms. The number of halogens is 1. The molecule has 1 aromatic carbocycles. The highest BCUT2D eigenvalue weighted by atomic mass is 35.5. The van der Waals surface area contributed by atoms with Crippen LogP contribution in [0.1, 0.15) is 31.1 Å². The fourth-order valence-corrected chi connectivity index (χ4v) is 4.64. The van der Waals surface area contributed by atoms with Crippen LogP contribution in [0.4, 0.5) is 5.69 Å². The van der Waals surface area contributed by atoms with E-state index in [-0.39, 0.29) is 27.9 Å². The third-order valence-corrected chi connectivity index (χ3v) is 6.01. The maximum Gasteiger partial charge on any atom is 0.255 e. The molecule has 126 valence electrons. The molecule has 0 bridgehead atoms. The number of rotatable bonds is 4. The van der Waals surface area contributed by atoms with E-state index in [9.17, 15) is 18.0 Å². The van der Waals surface area contributed by atoms with E-state index >= 15 is 0 Å². The molecule has 6 nitrogen and oxygen atoms in total. The van der Waals surface area contributed by atoms with Crippen molar-refractivity contribution in [2.45, 2.75) is 20.8 Å². The molecule has 1 aliphatic rings. The lowest BCUT2D eigenvalue weighted by Crippen LogP contribution is -2.32. The first kappa shape index (κ1) is 17.7. The summed E-state index contributed by atoms with van der Waals surface area (Å²) in [4.78, 5) is 26.0. The Kier molecular flexibility index (Phi) is 5.01. The zero-order chi connectivity index (χ0) is 17.4. The summed E-state index contributed by atoms with van der Waals surface area (Å²) in [7, 11) is -3.68. The van der Waals surface area contributed by atoms with Gasteiger partial charge in [-0.15, -0.1) is 0 Å². The zero-order valence-corrected chi connectivity index (χ0v) is 14.8. The molecule has 0 radical (unpaired) electrons. The molecule has 1 atom stereocenters. The third-order valence-electron chi connectivity index (χ3n) is 3.83. The van der Waals surface area contributed by atoms with Gasteiger partial charge in [-0.3, -0.25) is 9.59 Å². The second kappa shape index (κ2) is 6.49. The van der Waals surface area contributed by atoms with Crippen molar-refractivity contribution in [2.24, 2.45) is 5.92 Å². The highest BCUT2D eigenvalue weighted by Gasteiger charge is 2.42. The summed E-state index contributed by atoms with van der Waals surface area (Å²) >= 11 is 6.16. The van der Waals surface area contributed by atoms with Crippen LogP contribution in [0.15, 0.2) is 18.2 Å². The van der Waals surface area contributed by atoms with Crippen LogP contribution in [0.25, 0.3) is 0 Å². The van der Waals surface area contributed by atoms with Crippen LogP contribution < -0.4 is 4.31 Å². The molecule has 1 saturated heterocycles. The van der Waals surface area contributed by atoms with Crippen molar-refractivity contribution < 1.29 is 18.0 Å². The number of nitrogens with zero attached hydrogens (tertiary/aromatic N) is 2. The quantitative estimate of drug-likeness (QED) is 0.826. The van der Waals surface area contributed by atoms with Gasteiger partial charge in [-0.1, -0.05) is 18.5 Å². The van der Waals surface area contributed by atoms with Crippen LogP contribution in [0, 0.1) is 5.92 Å². The molecule has 0 aromatic heterocycles. The fraction of sp³-hybridized carbons (Fsp3) is 0.467. The Hall–Kier alpha value is -1.60. The lowest BCUT2D eigenvalue weighted by molar-refractivity contribution is -0.119. The summed E-state index contributed by atoms with van der Waals surface area (Å²) in [5, 5.41) is 0.127. The number of carbonyl (C=O) groups excluding carboxylic acids is 2. The van der Waals surface area contributed by atoms with Crippen LogP contribution >= 0.6 is 11.6 Å². The maximum absolute atomic E-state index is 12.3. The molecule has 0 aliphatic carbocycles. The summed E-state index contributed by atoms with van der Waals surface area (Å²) in [6.45, 7) is 6.38. The SMILES string of the molecule is CCN(CC)C(=O)c1ccc(N2C(=O)[C@H](C)CS2(=O)=O)cc1Cl. The molecule has 0 unspecified atom stereocenters. The number of benzene rings is 1. The summed E-state index contributed by atoms with van der Waals surface area (Å²) < 4.78 is 25.0. The van der Waals surface area contributed by atoms with E-state index in [1.807, 2.05) is 13.8 Å². The summed E-state index contributed by atoms with van der Waals surface area (Å²) in [6, 6.07) is 4.26. The maximum atomic E-state index is 12.3. The topological polar surface area (TPSA) is 74.8 Å². The number of anilines is 1. The first-order chi connectivity index (χ1) is 10.7. The van der Waals surface area contributed by atoms with Gasteiger partial charge in [0.1, 0.15) is 0 Å². The normalized spacial score (nSPS) is 19.9. The number of carbonyl (C=O) groups is 2. The van der Waals surface area contributed by atoms with E-state index in [0.29, 0.717) is 13.1 Å². The second-order valence-electron chi connectivity index (χ2n) is 5.42. The predicted octanol–water partition coefficient (Wildman–Crippen LogP) is 2.13. The van der Waals surface area contributed by atoms with Gasteiger partial charge in [-0.05, 0) is 32.0 Å². The smallest absolute Gasteiger partial charge is 0.255 e. The molecule has 8 heteroatoms. The van der Waals surface area contributed by atoms with E-state index in [4.69, 9.17) is 11.6 Å². The molecular formula is C15H19ClN2O4S. The minimum atomic E-state index is -3.68. The summed E-state index contributed by atoms with van der Waals surface area (Å²) in [5.74, 6) is -1.51. The van der Waals surface area contributed by atoms with Crippen LogP contribution in [-0.4, -0.2) is 44.0 Å². The molecule has 1 fully saturated rings. The van der Waals surface area contributed by atoms with Crippen LogP contribution in [0.2, 0.25) is 5.02 Å². The van der Waals surface area contributed by atoms with Crippen molar-refractivity contribution in [3.63, 3.8) is 0 Å². The summed E-state index contributed by atoms with van der Waals surface area (Å²) in [6.07, 6.45) is 0. The second-order valence-corrected chi connectivity index (χ2v) is 7.69. The first-order valence-electron chi connectivity index (χ1n) is 7.38. The highest BCUT2D eigenvalue weighted by Crippen LogP contribution is 2.31. The Morgan fingerprint density at radius 2 is 1.96 bits per heavy atom. The molecule has 23 heavy (non-hydrogen) atoms. The summed E-state index contributed by atoms with van der Waals surface area (Å²) in [5.41, 5.74) is 0.455. The Morgan fingerprint density at radius 1 is 1.35 bits per heavy atom. The molecular weight excluding hydrogens is 340 g/mol. The van der Waals surface area contributed by atoms with Gasteiger partial charge in [-0.2, -0.15) is 0 Å². The third kappa shape index (κ3) is 3.21. The average Bonchev–Trinajstić information content (AvgIpc) is 2.68. The lowest BCUT2D eigenvalue weighted by atomic mass is 10.1. The van der Waals surface area contributed by atoms with Gasteiger partial charge in [-0.25, -0.2) is 12.7 Å². The van der Waals surface area contributed by atoms with Crippen LogP contribution in [0.3, 0.4) is 0 Å².